The number of unbranched alkanes of at least 4 members (excludes halogenated alkanes) is 1. The van der Waals surface area contributed by atoms with E-state index in [1.165, 1.54) is 12.8 Å². The molecule has 21 heavy (non-hydrogen) atoms. The standard InChI is InChI=1S/C17H35NO3/c1-4-5-7-19-9-11-21-12-10-20-8-6-17(13-16(2)3)14-18-15-17/h16,18H,4-15H2,1-3H3. The lowest BCUT2D eigenvalue weighted by Crippen LogP contribution is -2.54. The van der Waals surface area contributed by atoms with E-state index in [4.69, 9.17) is 14.2 Å². The molecule has 1 aliphatic rings. The lowest BCUT2D eigenvalue weighted by Gasteiger charge is -2.44. The summed E-state index contributed by atoms with van der Waals surface area (Å²) in [5, 5.41) is 3.40. The summed E-state index contributed by atoms with van der Waals surface area (Å²) >= 11 is 0. The van der Waals surface area contributed by atoms with E-state index in [0.717, 1.165) is 45.1 Å². The van der Waals surface area contributed by atoms with Crippen molar-refractivity contribution >= 4 is 0 Å². The fourth-order valence-electron chi connectivity index (χ4n) is 2.84. The molecule has 0 bridgehead atoms. The second-order valence-electron chi connectivity index (χ2n) is 6.64. The molecule has 0 radical (unpaired) electrons. The van der Waals surface area contributed by atoms with Crippen LogP contribution in [0, 0.1) is 11.3 Å². The summed E-state index contributed by atoms with van der Waals surface area (Å²) in [6.07, 6.45) is 4.78. The van der Waals surface area contributed by atoms with Crippen LogP contribution >= 0.6 is 0 Å². The molecule has 126 valence electrons. The molecule has 0 aliphatic carbocycles. The van der Waals surface area contributed by atoms with E-state index in [-0.39, 0.29) is 0 Å². The third-order valence-corrected chi connectivity index (χ3v) is 4.00. The van der Waals surface area contributed by atoms with Crippen LogP contribution < -0.4 is 5.32 Å². The summed E-state index contributed by atoms with van der Waals surface area (Å²) in [5.41, 5.74) is 0.488. The first-order valence-corrected chi connectivity index (χ1v) is 8.62. The van der Waals surface area contributed by atoms with Gasteiger partial charge in [0.1, 0.15) is 0 Å². The Hall–Kier alpha value is -0.160. The molecule has 1 aliphatic heterocycles. The molecule has 0 aromatic heterocycles. The van der Waals surface area contributed by atoms with Gasteiger partial charge in [-0.15, -0.1) is 0 Å². The Morgan fingerprint density at radius 2 is 1.48 bits per heavy atom. The first-order valence-electron chi connectivity index (χ1n) is 8.62. The van der Waals surface area contributed by atoms with E-state index >= 15 is 0 Å². The molecule has 1 N–H and O–H groups in total. The van der Waals surface area contributed by atoms with Gasteiger partial charge < -0.3 is 19.5 Å². The highest BCUT2D eigenvalue weighted by Crippen LogP contribution is 2.34. The number of ether oxygens (including phenoxy) is 3. The molecule has 0 amide bonds. The number of hydrogen-bond acceptors (Lipinski definition) is 4. The van der Waals surface area contributed by atoms with Gasteiger partial charge in [0.25, 0.3) is 0 Å². The van der Waals surface area contributed by atoms with Crippen molar-refractivity contribution in [1.82, 2.24) is 5.32 Å². The molecule has 1 fully saturated rings. The summed E-state index contributed by atoms with van der Waals surface area (Å²) in [6, 6.07) is 0. The Balaban J connectivity index is 1.86. The average Bonchev–Trinajstić information content (AvgIpc) is 2.41. The van der Waals surface area contributed by atoms with Crippen LogP contribution in [-0.2, 0) is 14.2 Å². The number of nitrogens with one attached hydrogen (secondary N) is 1. The maximum absolute atomic E-state index is 5.70. The Morgan fingerprint density at radius 1 is 0.905 bits per heavy atom. The molecule has 1 saturated heterocycles. The van der Waals surface area contributed by atoms with Gasteiger partial charge in [-0.05, 0) is 30.6 Å². The van der Waals surface area contributed by atoms with Crippen LogP contribution in [0.4, 0.5) is 0 Å². The molecule has 0 aromatic carbocycles. The normalized spacial score (nSPS) is 17.1. The van der Waals surface area contributed by atoms with E-state index in [9.17, 15) is 0 Å². The van der Waals surface area contributed by atoms with Gasteiger partial charge in [-0.1, -0.05) is 27.2 Å². The van der Waals surface area contributed by atoms with Crippen molar-refractivity contribution < 1.29 is 14.2 Å². The second-order valence-corrected chi connectivity index (χ2v) is 6.64. The minimum absolute atomic E-state index is 0.488. The average molecular weight is 301 g/mol. The predicted molar refractivity (Wildman–Crippen MR) is 86.7 cm³/mol. The molecule has 1 heterocycles. The number of rotatable bonds is 14. The van der Waals surface area contributed by atoms with Gasteiger partial charge >= 0.3 is 0 Å². The maximum Gasteiger partial charge on any atom is 0.0701 e. The summed E-state index contributed by atoms with van der Waals surface area (Å²) in [6.45, 7) is 13.5. The monoisotopic (exact) mass is 301 g/mol. The van der Waals surface area contributed by atoms with Crippen LogP contribution in [-0.4, -0.2) is 52.7 Å². The fourth-order valence-corrected chi connectivity index (χ4v) is 2.84. The summed E-state index contributed by atoms with van der Waals surface area (Å²) in [5.74, 6) is 0.767. The van der Waals surface area contributed by atoms with Gasteiger partial charge in [-0.3, -0.25) is 0 Å². The number of hydrogen-bond donors (Lipinski definition) is 1. The first-order chi connectivity index (χ1) is 10.2. The fraction of sp³-hybridized carbons (Fsp3) is 1.00. The minimum atomic E-state index is 0.488. The van der Waals surface area contributed by atoms with Crippen molar-refractivity contribution in [2.75, 3.05) is 52.7 Å². The van der Waals surface area contributed by atoms with Gasteiger partial charge in [0.15, 0.2) is 0 Å². The van der Waals surface area contributed by atoms with Crippen LogP contribution in [0.3, 0.4) is 0 Å². The second kappa shape index (κ2) is 11.4. The molecule has 0 spiro atoms. The third kappa shape index (κ3) is 8.77. The zero-order valence-electron chi connectivity index (χ0n) is 14.3. The largest absolute Gasteiger partial charge is 0.379 e. The van der Waals surface area contributed by atoms with Crippen LogP contribution in [0.25, 0.3) is 0 Å². The van der Waals surface area contributed by atoms with Crippen LogP contribution in [0.5, 0.6) is 0 Å². The topological polar surface area (TPSA) is 39.7 Å². The van der Waals surface area contributed by atoms with Gasteiger partial charge in [0, 0.05) is 26.3 Å². The van der Waals surface area contributed by atoms with Crippen molar-refractivity contribution in [1.29, 1.82) is 0 Å². The highest BCUT2D eigenvalue weighted by Gasteiger charge is 2.36. The molecular formula is C17H35NO3. The van der Waals surface area contributed by atoms with Crippen LogP contribution in [0.1, 0.15) is 46.5 Å². The van der Waals surface area contributed by atoms with Crippen molar-refractivity contribution in [2.45, 2.75) is 46.5 Å². The Bertz CT molecular complexity index is 242. The smallest absolute Gasteiger partial charge is 0.0701 e. The molecule has 0 saturated carbocycles. The SMILES string of the molecule is CCCCOCCOCCOCCC1(CC(C)C)CNC1. The van der Waals surface area contributed by atoms with E-state index < -0.39 is 0 Å². The zero-order valence-corrected chi connectivity index (χ0v) is 14.3. The van der Waals surface area contributed by atoms with Crippen LogP contribution in [0.2, 0.25) is 0 Å². The van der Waals surface area contributed by atoms with Gasteiger partial charge in [0.05, 0.1) is 26.4 Å². The van der Waals surface area contributed by atoms with Crippen molar-refractivity contribution in [3.05, 3.63) is 0 Å². The summed E-state index contributed by atoms with van der Waals surface area (Å²) < 4.78 is 16.6. The van der Waals surface area contributed by atoms with E-state index in [1.807, 2.05) is 0 Å². The predicted octanol–water partition coefficient (Wildman–Crippen LogP) is 2.86. The van der Waals surface area contributed by atoms with Gasteiger partial charge in [-0.25, -0.2) is 0 Å². The minimum Gasteiger partial charge on any atom is -0.379 e. The summed E-state index contributed by atoms with van der Waals surface area (Å²) in [4.78, 5) is 0. The Labute approximate surface area is 130 Å². The molecular weight excluding hydrogens is 266 g/mol. The Kier molecular flexibility index (Phi) is 10.3. The Morgan fingerprint density at radius 3 is 1.95 bits per heavy atom. The lowest BCUT2D eigenvalue weighted by molar-refractivity contribution is 0.000640. The van der Waals surface area contributed by atoms with E-state index in [2.05, 4.69) is 26.1 Å². The van der Waals surface area contributed by atoms with Crippen molar-refractivity contribution in [2.24, 2.45) is 11.3 Å². The molecule has 1 rings (SSSR count). The molecule has 4 heteroatoms. The van der Waals surface area contributed by atoms with Gasteiger partial charge in [0.2, 0.25) is 0 Å². The van der Waals surface area contributed by atoms with E-state index in [0.29, 0.717) is 31.8 Å². The van der Waals surface area contributed by atoms with E-state index in [1.54, 1.807) is 0 Å². The summed E-state index contributed by atoms with van der Waals surface area (Å²) in [7, 11) is 0. The highest BCUT2D eigenvalue weighted by atomic mass is 16.5. The maximum atomic E-state index is 5.70. The zero-order chi connectivity index (χ0) is 15.4. The quantitative estimate of drug-likeness (QED) is 0.501. The first kappa shape index (κ1) is 18.9. The third-order valence-electron chi connectivity index (χ3n) is 4.00. The van der Waals surface area contributed by atoms with Crippen molar-refractivity contribution in [3.8, 4) is 0 Å². The lowest BCUT2D eigenvalue weighted by atomic mass is 9.73. The molecule has 4 nitrogen and oxygen atoms in total. The molecule has 0 unspecified atom stereocenters. The van der Waals surface area contributed by atoms with Gasteiger partial charge in [-0.2, -0.15) is 0 Å². The molecule has 0 aromatic rings. The molecule has 0 atom stereocenters. The van der Waals surface area contributed by atoms with Crippen molar-refractivity contribution in [3.63, 3.8) is 0 Å². The van der Waals surface area contributed by atoms with Crippen LogP contribution in [0.15, 0.2) is 0 Å². The highest BCUT2D eigenvalue weighted by molar-refractivity contribution is 4.92.